The highest BCUT2D eigenvalue weighted by atomic mass is 32.1. The van der Waals surface area contributed by atoms with E-state index < -0.39 is 0 Å². The van der Waals surface area contributed by atoms with E-state index in [4.69, 9.17) is 5.84 Å². The van der Waals surface area contributed by atoms with Crippen LogP contribution in [-0.4, -0.2) is 12.0 Å². The lowest BCUT2D eigenvalue weighted by atomic mass is 10.4. The predicted octanol–water partition coefficient (Wildman–Crippen LogP) is 1.07. The van der Waals surface area contributed by atoms with Gasteiger partial charge in [-0.3, -0.25) is 5.43 Å². The predicted molar refractivity (Wildman–Crippen MR) is 61.1 cm³/mol. The fourth-order valence-electron chi connectivity index (χ4n) is 0.966. The molecule has 1 aromatic rings. The smallest absolute Gasteiger partial charge is 0.206 e. The molecule has 78 valence electrons. The number of nitrogens with two attached hydrogens (primary N) is 1. The highest BCUT2D eigenvalue weighted by Gasteiger charge is 1.98. The lowest BCUT2D eigenvalue weighted by Crippen LogP contribution is -2.44. The van der Waals surface area contributed by atoms with E-state index in [2.05, 4.69) is 21.8 Å². The van der Waals surface area contributed by atoms with Crippen LogP contribution in [0.25, 0.3) is 0 Å². The molecule has 0 unspecified atom stereocenters. The summed E-state index contributed by atoms with van der Waals surface area (Å²) in [6.45, 7) is 4.74. The van der Waals surface area contributed by atoms with Crippen molar-refractivity contribution in [2.24, 2.45) is 10.8 Å². The van der Waals surface area contributed by atoms with Gasteiger partial charge in [0, 0.05) is 10.9 Å². The molecule has 0 aliphatic carbocycles. The molecule has 5 heteroatoms. The highest BCUT2D eigenvalue weighted by molar-refractivity contribution is 7.09. The molecule has 4 nitrogen and oxygen atoms in total. The maximum Gasteiger partial charge on any atom is 0.206 e. The summed E-state index contributed by atoms with van der Waals surface area (Å²) in [6, 6.07) is 4.40. The highest BCUT2D eigenvalue weighted by Crippen LogP contribution is 2.09. The van der Waals surface area contributed by atoms with Crippen LogP contribution in [0, 0.1) is 0 Å². The zero-order chi connectivity index (χ0) is 10.4. The average Bonchev–Trinajstić information content (AvgIpc) is 2.64. The average molecular weight is 212 g/mol. The first-order valence-electron chi connectivity index (χ1n) is 4.52. The van der Waals surface area contributed by atoms with E-state index in [1.54, 1.807) is 11.3 Å². The van der Waals surface area contributed by atoms with Crippen LogP contribution in [0.2, 0.25) is 0 Å². The fourth-order valence-corrected chi connectivity index (χ4v) is 1.59. The Balaban J connectivity index is 2.48. The van der Waals surface area contributed by atoms with Crippen LogP contribution in [-0.2, 0) is 6.54 Å². The third kappa shape index (κ3) is 3.76. The molecule has 1 heterocycles. The van der Waals surface area contributed by atoms with E-state index in [1.807, 2.05) is 25.3 Å². The minimum absolute atomic E-state index is 0.327. The van der Waals surface area contributed by atoms with E-state index >= 15 is 0 Å². The van der Waals surface area contributed by atoms with Crippen LogP contribution < -0.4 is 16.6 Å². The number of rotatable bonds is 3. The molecule has 0 bridgehead atoms. The molecule has 0 saturated carbocycles. The summed E-state index contributed by atoms with van der Waals surface area (Å²) in [5, 5.41) is 5.15. The molecule has 0 aliphatic rings. The summed E-state index contributed by atoms with van der Waals surface area (Å²) in [5.41, 5.74) is 2.54. The van der Waals surface area contributed by atoms with E-state index in [0.29, 0.717) is 18.5 Å². The molecule has 1 rings (SSSR count). The Morgan fingerprint density at radius 3 is 2.93 bits per heavy atom. The minimum atomic E-state index is 0.327. The molecule has 1 aromatic heterocycles. The molecule has 0 radical (unpaired) electrons. The van der Waals surface area contributed by atoms with Crippen LogP contribution >= 0.6 is 11.3 Å². The number of nitrogens with zero attached hydrogens (tertiary/aromatic N) is 1. The lowest BCUT2D eigenvalue weighted by molar-refractivity contribution is 0.702. The van der Waals surface area contributed by atoms with E-state index in [-0.39, 0.29) is 0 Å². The molecule has 14 heavy (non-hydrogen) atoms. The minimum Gasteiger partial charge on any atom is -0.353 e. The summed E-state index contributed by atoms with van der Waals surface area (Å²) in [5.74, 6) is 5.95. The third-order valence-electron chi connectivity index (χ3n) is 1.54. The van der Waals surface area contributed by atoms with Gasteiger partial charge in [-0.25, -0.2) is 10.8 Å². The van der Waals surface area contributed by atoms with Crippen molar-refractivity contribution >= 4 is 17.3 Å². The van der Waals surface area contributed by atoms with Gasteiger partial charge in [0.1, 0.15) is 0 Å². The molecule has 0 amide bonds. The van der Waals surface area contributed by atoms with E-state index in [1.165, 1.54) is 4.88 Å². The van der Waals surface area contributed by atoms with Gasteiger partial charge in [0.25, 0.3) is 0 Å². The zero-order valence-electron chi connectivity index (χ0n) is 8.45. The molecule has 0 spiro atoms. The first-order chi connectivity index (χ1) is 6.72. The van der Waals surface area contributed by atoms with Gasteiger partial charge in [0.15, 0.2) is 0 Å². The summed E-state index contributed by atoms with van der Waals surface area (Å²) in [6.07, 6.45) is 0. The van der Waals surface area contributed by atoms with Crippen molar-refractivity contribution in [3.63, 3.8) is 0 Å². The van der Waals surface area contributed by atoms with Crippen molar-refractivity contribution < 1.29 is 0 Å². The largest absolute Gasteiger partial charge is 0.353 e. The van der Waals surface area contributed by atoms with Crippen molar-refractivity contribution in [3.8, 4) is 0 Å². The number of hydrazine groups is 1. The van der Waals surface area contributed by atoms with Gasteiger partial charge >= 0.3 is 0 Å². The quantitative estimate of drug-likeness (QED) is 0.304. The van der Waals surface area contributed by atoms with Gasteiger partial charge in [-0.05, 0) is 25.3 Å². The monoisotopic (exact) mass is 212 g/mol. The Kier molecular flexibility index (Phi) is 4.42. The van der Waals surface area contributed by atoms with Crippen LogP contribution in [0.1, 0.15) is 18.7 Å². The molecular formula is C9H16N4S. The summed E-state index contributed by atoms with van der Waals surface area (Å²) in [7, 11) is 0. The number of nitrogens with one attached hydrogen (secondary N) is 2. The fraction of sp³-hybridized carbons (Fsp3) is 0.444. The standard InChI is InChI=1S/C9H16N4S/c1-7(2)12-9(13-10)11-6-8-4-3-5-14-8/h3-5,7H,6,10H2,1-2H3,(H2,11,12,13). The van der Waals surface area contributed by atoms with Crippen molar-refractivity contribution in [1.82, 2.24) is 10.7 Å². The van der Waals surface area contributed by atoms with Gasteiger partial charge in [-0.2, -0.15) is 0 Å². The SMILES string of the molecule is CC(C)NC(=NCc1cccs1)NN. The number of aliphatic imine (C=N–C) groups is 1. The second-order valence-corrected chi connectivity index (χ2v) is 4.22. The molecule has 0 aromatic carbocycles. The molecule has 0 fully saturated rings. The molecule has 0 aliphatic heterocycles. The van der Waals surface area contributed by atoms with E-state index in [9.17, 15) is 0 Å². The third-order valence-corrected chi connectivity index (χ3v) is 2.40. The van der Waals surface area contributed by atoms with Crippen molar-refractivity contribution in [1.29, 1.82) is 0 Å². The Labute approximate surface area is 88.2 Å². The van der Waals surface area contributed by atoms with Crippen LogP contribution in [0.5, 0.6) is 0 Å². The van der Waals surface area contributed by atoms with Crippen molar-refractivity contribution in [2.45, 2.75) is 26.4 Å². The van der Waals surface area contributed by atoms with Gasteiger partial charge in [0.05, 0.1) is 6.54 Å². The molecular weight excluding hydrogens is 196 g/mol. The normalized spacial score (nSPS) is 11.9. The van der Waals surface area contributed by atoms with Gasteiger partial charge in [-0.15, -0.1) is 11.3 Å². The van der Waals surface area contributed by atoms with Crippen LogP contribution in [0.15, 0.2) is 22.5 Å². The first kappa shape index (κ1) is 11.0. The summed E-state index contributed by atoms with van der Waals surface area (Å²) < 4.78 is 0. The Morgan fingerprint density at radius 2 is 2.43 bits per heavy atom. The lowest BCUT2D eigenvalue weighted by Gasteiger charge is -2.11. The topological polar surface area (TPSA) is 62.4 Å². The number of guanidine groups is 1. The second kappa shape index (κ2) is 5.62. The van der Waals surface area contributed by atoms with Crippen LogP contribution in [0.4, 0.5) is 0 Å². The maximum atomic E-state index is 5.32. The second-order valence-electron chi connectivity index (χ2n) is 3.19. The number of thiophene rings is 1. The first-order valence-corrected chi connectivity index (χ1v) is 5.40. The van der Waals surface area contributed by atoms with Crippen molar-refractivity contribution in [3.05, 3.63) is 22.4 Å². The molecule has 4 N–H and O–H groups in total. The van der Waals surface area contributed by atoms with E-state index in [0.717, 1.165) is 0 Å². The Bertz CT molecular complexity index is 279. The number of hydrogen-bond donors (Lipinski definition) is 3. The summed E-state index contributed by atoms with van der Waals surface area (Å²) in [4.78, 5) is 5.53. The van der Waals surface area contributed by atoms with Gasteiger partial charge in [-0.1, -0.05) is 6.07 Å². The number of hydrogen-bond acceptors (Lipinski definition) is 3. The van der Waals surface area contributed by atoms with Gasteiger partial charge in [0.2, 0.25) is 5.96 Å². The maximum absolute atomic E-state index is 5.32. The Hall–Kier alpha value is -1.07. The van der Waals surface area contributed by atoms with Crippen LogP contribution in [0.3, 0.4) is 0 Å². The molecule has 0 saturated heterocycles. The van der Waals surface area contributed by atoms with Crippen molar-refractivity contribution in [2.75, 3.05) is 0 Å². The van der Waals surface area contributed by atoms with Gasteiger partial charge < -0.3 is 5.32 Å². The zero-order valence-corrected chi connectivity index (χ0v) is 9.27. The summed E-state index contributed by atoms with van der Waals surface area (Å²) >= 11 is 1.69. The Morgan fingerprint density at radius 1 is 1.64 bits per heavy atom. The molecule has 0 atom stereocenters.